The van der Waals surface area contributed by atoms with Gasteiger partial charge in [0.05, 0.1) is 5.02 Å². The summed E-state index contributed by atoms with van der Waals surface area (Å²) >= 11 is 12.1. The zero-order chi connectivity index (χ0) is 18.7. The van der Waals surface area contributed by atoms with Crippen molar-refractivity contribution in [3.05, 3.63) is 74.1 Å². The van der Waals surface area contributed by atoms with Crippen molar-refractivity contribution in [1.29, 1.82) is 0 Å². The van der Waals surface area contributed by atoms with Crippen LogP contribution in [0.5, 0.6) is 5.75 Å². The SMILES string of the molecule is Cc1cc(=O)oc2cc(OCC(=O)NCc3cccc(Cl)c3)c(Cl)cc12. The molecule has 1 N–H and O–H groups in total. The molecule has 0 radical (unpaired) electrons. The Labute approximate surface area is 159 Å². The number of carbonyl (C=O) groups is 1. The van der Waals surface area contributed by atoms with Crippen LogP contribution in [0.1, 0.15) is 11.1 Å². The van der Waals surface area contributed by atoms with E-state index in [-0.39, 0.29) is 18.3 Å². The van der Waals surface area contributed by atoms with Crippen LogP contribution in [-0.4, -0.2) is 12.5 Å². The van der Waals surface area contributed by atoms with Crippen LogP contribution >= 0.6 is 23.2 Å². The lowest BCUT2D eigenvalue weighted by atomic mass is 10.1. The minimum atomic E-state index is -0.456. The number of benzene rings is 2. The number of fused-ring (bicyclic) bond motifs is 1. The van der Waals surface area contributed by atoms with Gasteiger partial charge < -0.3 is 14.5 Å². The van der Waals surface area contributed by atoms with Gasteiger partial charge in [-0.25, -0.2) is 4.79 Å². The molecule has 26 heavy (non-hydrogen) atoms. The van der Waals surface area contributed by atoms with Crippen molar-refractivity contribution >= 4 is 40.1 Å². The number of nitrogens with one attached hydrogen (secondary N) is 1. The van der Waals surface area contributed by atoms with Gasteiger partial charge in [-0.3, -0.25) is 4.79 Å². The third kappa shape index (κ3) is 4.36. The molecule has 1 amide bonds. The summed E-state index contributed by atoms with van der Waals surface area (Å²) in [7, 11) is 0. The Hall–Kier alpha value is -2.50. The summed E-state index contributed by atoms with van der Waals surface area (Å²) in [5.74, 6) is -0.0438. The summed E-state index contributed by atoms with van der Waals surface area (Å²) in [6.07, 6.45) is 0. The predicted molar refractivity (Wildman–Crippen MR) is 101 cm³/mol. The van der Waals surface area contributed by atoms with Crippen molar-refractivity contribution in [2.45, 2.75) is 13.5 Å². The standard InChI is InChI=1S/C19H15Cl2NO4/c1-11-5-19(24)26-16-8-17(15(21)7-14(11)16)25-10-18(23)22-9-12-3-2-4-13(20)6-12/h2-8H,9-10H2,1H3,(H,22,23). The highest BCUT2D eigenvalue weighted by Gasteiger charge is 2.11. The van der Waals surface area contributed by atoms with Crippen LogP contribution in [0.3, 0.4) is 0 Å². The van der Waals surface area contributed by atoms with Crippen molar-refractivity contribution in [3.8, 4) is 5.75 Å². The normalized spacial score (nSPS) is 10.7. The van der Waals surface area contributed by atoms with E-state index in [2.05, 4.69) is 5.32 Å². The molecule has 0 spiro atoms. The molecule has 0 aliphatic heterocycles. The molecule has 3 aromatic rings. The van der Waals surface area contributed by atoms with Crippen LogP contribution in [0.4, 0.5) is 0 Å². The van der Waals surface area contributed by atoms with Crippen molar-refractivity contribution < 1.29 is 13.9 Å². The molecule has 3 rings (SSSR count). The summed E-state index contributed by atoms with van der Waals surface area (Å²) in [4.78, 5) is 23.5. The molecule has 0 aliphatic carbocycles. The molecule has 5 nitrogen and oxygen atoms in total. The van der Waals surface area contributed by atoms with E-state index >= 15 is 0 Å². The average Bonchev–Trinajstić information content (AvgIpc) is 2.59. The Bertz CT molecular complexity index is 1030. The summed E-state index contributed by atoms with van der Waals surface area (Å²) in [5, 5.41) is 4.38. The van der Waals surface area contributed by atoms with Gasteiger partial charge in [0.25, 0.3) is 5.91 Å². The highest BCUT2D eigenvalue weighted by molar-refractivity contribution is 6.32. The van der Waals surface area contributed by atoms with Crippen molar-refractivity contribution in [2.75, 3.05) is 6.61 Å². The number of carbonyl (C=O) groups excluding carboxylic acids is 1. The lowest BCUT2D eigenvalue weighted by Gasteiger charge is -2.10. The fourth-order valence-electron chi connectivity index (χ4n) is 2.47. The fourth-order valence-corrected chi connectivity index (χ4v) is 2.90. The van der Waals surface area contributed by atoms with Crippen LogP contribution in [0.2, 0.25) is 10.0 Å². The zero-order valence-corrected chi connectivity index (χ0v) is 15.4. The zero-order valence-electron chi connectivity index (χ0n) is 13.8. The molecule has 1 heterocycles. The third-order valence-corrected chi connectivity index (χ3v) is 4.27. The molecule has 0 atom stereocenters. The molecule has 134 valence electrons. The maximum Gasteiger partial charge on any atom is 0.336 e. The van der Waals surface area contributed by atoms with Gasteiger partial charge in [-0.15, -0.1) is 0 Å². The second-order valence-corrected chi connectivity index (χ2v) is 6.57. The van der Waals surface area contributed by atoms with Crippen LogP contribution in [0.15, 0.2) is 51.7 Å². The van der Waals surface area contributed by atoms with Gasteiger partial charge in [-0.2, -0.15) is 0 Å². The van der Waals surface area contributed by atoms with Gasteiger partial charge in [0.2, 0.25) is 0 Å². The number of hydrogen-bond donors (Lipinski definition) is 1. The number of ether oxygens (including phenoxy) is 1. The van der Waals surface area contributed by atoms with Crippen LogP contribution in [0, 0.1) is 6.92 Å². The Balaban J connectivity index is 1.66. The lowest BCUT2D eigenvalue weighted by Crippen LogP contribution is -2.28. The Kier molecular flexibility index (Phi) is 5.49. The molecular formula is C19H15Cl2NO4. The summed E-state index contributed by atoms with van der Waals surface area (Å²) < 4.78 is 10.6. The van der Waals surface area contributed by atoms with Crippen molar-refractivity contribution in [2.24, 2.45) is 0 Å². The Morgan fingerprint density at radius 1 is 1.19 bits per heavy atom. The molecule has 0 fully saturated rings. The second kappa shape index (κ2) is 7.81. The van der Waals surface area contributed by atoms with E-state index in [1.807, 2.05) is 12.1 Å². The summed E-state index contributed by atoms with van der Waals surface area (Å²) in [6, 6.07) is 11.8. The van der Waals surface area contributed by atoms with Gasteiger partial charge in [0.1, 0.15) is 11.3 Å². The number of hydrogen-bond acceptors (Lipinski definition) is 4. The maximum absolute atomic E-state index is 12.0. The molecule has 0 unspecified atom stereocenters. The van der Waals surface area contributed by atoms with E-state index < -0.39 is 5.63 Å². The van der Waals surface area contributed by atoms with E-state index in [0.29, 0.717) is 27.6 Å². The summed E-state index contributed by atoms with van der Waals surface area (Å²) in [6.45, 7) is 1.91. The summed E-state index contributed by atoms with van der Waals surface area (Å²) in [5.41, 5.74) is 1.53. The van der Waals surface area contributed by atoms with Gasteiger partial charge >= 0.3 is 5.63 Å². The van der Waals surface area contributed by atoms with E-state index in [1.54, 1.807) is 25.1 Å². The first kappa shape index (κ1) is 18.3. The first-order valence-electron chi connectivity index (χ1n) is 7.80. The highest BCUT2D eigenvalue weighted by atomic mass is 35.5. The van der Waals surface area contributed by atoms with Crippen molar-refractivity contribution in [1.82, 2.24) is 5.32 Å². The lowest BCUT2D eigenvalue weighted by molar-refractivity contribution is -0.123. The first-order chi connectivity index (χ1) is 12.4. The predicted octanol–water partition coefficient (Wildman–Crippen LogP) is 4.10. The maximum atomic E-state index is 12.0. The van der Waals surface area contributed by atoms with Crippen LogP contribution in [-0.2, 0) is 11.3 Å². The van der Waals surface area contributed by atoms with Crippen molar-refractivity contribution in [3.63, 3.8) is 0 Å². The molecule has 0 aliphatic rings. The molecular weight excluding hydrogens is 377 g/mol. The van der Waals surface area contributed by atoms with Crippen LogP contribution in [0.25, 0.3) is 11.0 Å². The average molecular weight is 392 g/mol. The van der Waals surface area contributed by atoms with E-state index in [4.69, 9.17) is 32.4 Å². The molecule has 0 saturated heterocycles. The largest absolute Gasteiger partial charge is 0.482 e. The number of halogens is 2. The number of rotatable bonds is 5. The Morgan fingerprint density at radius 2 is 2.00 bits per heavy atom. The first-order valence-corrected chi connectivity index (χ1v) is 8.56. The minimum absolute atomic E-state index is 0.220. The number of amides is 1. The fraction of sp³-hybridized carbons (Fsp3) is 0.158. The minimum Gasteiger partial charge on any atom is -0.482 e. The molecule has 1 aromatic heterocycles. The second-order valence-electron chi connectivity index (χ2n) is 5.72. The van der Waals surface area contributed by atoms with E-state index in [1.165, 1.54) is 12.1 Å². The van der Waals surface area contributed by atoms with Gasteiger partial charge in [-0.1, -0.05) is 35.3 Å². The van der Waals surface area contributed by atoms with Gasteiger partial charge in [0.15, 0.2) is 6.61 Å². The smallest absolute Gasteiger partial charge is 0.336 e. The third-order valence-electron chi connectivity index (χ3n) is 3.74. The monoisotopic (exact) mass is 391 g/mol. The molecule has 2 aromatic carbocycles. The highest BCUT2D eigenvalue weighted by Crippen LogP contribution is 2.30. The molecule has 7 heteroatoms. The Morgan fingerprint density at radius 3 is 2.77 bits per heavy atom. The molecule has 0 bridgehead atoms. The van der Waals surface area contributed by atoms with Gasteiger partial charge in [-0.05, 0) is 36.2 Å². The topological polar surface area (TPSA) is 68.5 Å². The quantitative estimate of drug-likeness (QED) is 0.664. The van der Waals surface area contributed by atoms with Crippen LogP contribution < -0.4 is 15.7 Å². The van der Waals surface area contributed by atoms with E-state index in [0.717, 1.165) is 11.1 Å². The number of aryl methyl sites for hydroxylation is 1. The molecule has 0 saturated carbocycles. The van der Waals surface area contributed by atoms with E-state index in [9.17, 15) is 9.59 Å². The van der Waals surface area contributed by atoms with Gasteiger partial charge in [0, 0.05) is 29.1 Å².